The van der Waals surface area contributed by atoms with Crippen molar-refractivity contribution in [2.45, 2.75) is 65.4 Å². The minimum atomic E-state index is -0.977. The molecule has 31 heavy (non-hydrogen) atoms. The molecule has 1 aromatic rings. The second-order valence-electron chi connectivity index (χ2n) is 9.36. The van der Waals surface area contributed by atoms with Crippen molar-refractivity contribution in [3.63, 3.8) is 0 Å². The summed E-state index contributed by atoms with van der Waals surface area (Å²) in [5.41, 5.74) is 1.92. The first-order valence-electron chi connectivity index (χ1n) is 10.3. The molecule has 1 aromatic carbocycles. The molecule has 3 amide bonds. The number of nitrogens with zero attached hydrogens (tertiary/aromatic N) is 2. The lowest BCUT2D eigenvalue weighted by Gasteiger charge is -2.40. The Bertz CT molecular complexity index is 770. The average molecular weight is 436 g/mol. The van der Waals surface area contributed by atoms with E-state index in [0.29, 0.717) is 0 Å². The highest BCUT2D eigenvalue weighted by Crippen LogP contribution is 2.18. The van der Waals surface area contributed by atoms with Crippen molar-refractivity contribution in [1.82, 2.24) is 15.3 Å². The van der Waals surface area contributed by atoms with Gasteiger partial charge in [0, 0.05) is 13.1 Å². The molecular weight excluding hydrogens is 402 g/mol. The third-order valence-electron chi connectivity index (χ3n) is 4.23. The van der Waals surface area contributed by atoms with Gasteiger partial charge >= 0.3 is 12.2 Å². The van der Waals surface area contributed by atoms with Crippen LogP contribution in [0.4, 0.5) is 9.59 Å². The van der Waals surface area contributed by atoms with Crippen molar-refractivity contribution in [1.29, 1.82) is 0 Å². The summed E-state index contributed by atoms with van der Waals surface area (Å²) in [4.78, 5) is 46.1. The van der Waals surface area contributed by atoms with Gasteiger partial charge in [-0.3, -0.25) is 14.5 Å². The van der Waals surface area contributed by atoms with E-state index in [9.17, 15) is 14.4 Å². The lowest BCUT2D eigenvalue weighted by molar-refractivity contribution is -0.152. The van der Waals surface area contributed by atoms with Crippen LogP contribution in [-0.2, 0) is 25.7 Å². The van der Waals surface area contributed by atoms with Gasteiger partial charge in [-0.05, 0) is 47.1 Å². The van der Waals surface area contributed by atoms with E-state index in [-0.39, 0.29) is 26.2 Å². The van der Waals surface area contributed by atoms with Crippen molar-refractivity contribution >= 4 is 18.1 Å². The summed E-state index contributed by atoms with van der Waals surface area (Å²) in [6, 6.07) is 8.33. The fourth-order valence-electron chi connectivity index (χ4n) is 2.79. The van der Waals surface area contributed by atoms with Gasteiger partial charge in [-0.25, -0.2) is 15.1 Å². The van der Waals surface area contributed by atoms with Gasteiger partial charge in [-0.1, -0.05) is 30.3 Å². The van der Waals surface area contributed by atoms with Crippen LogP contribution in [0, 0.1) is 0 Å². The molecule has 0 radical (unpaired) electrons. The maximum Gasteiger partial charge on any atom is 0.411 e. The van der Waals surface area contributed by atoms with Crippen molar-refractivity contribution in [3.8, 4) is 0 Å². The molecule has 0 aromatic heterocycles. The maximum atomic E-state index is 12.8. The van der Waals surface area contributed by atoms with E-state index in [0.717, 1.165) is 5.56 Å². The highest BCUT2D eigenvalue weighted by Gasteiger charge is 2.40. The van der Waals surface area contributed by atoms with E-state index in [1.807, 2.05) is 30.3 Å². The van der Waals surface area contributed by atoms with Gasteiger partial charge in [0.05, 0.1) is 12.1 Å². The van der Waals surface area contributed by atoms with Crippen molar-refractivity contribution < 1.29 is 28.7 Å². The molecule has 2 rings (SSSR count). The number of hydrogen-bond donors (Lipinski definition) is 1. The zero-order valence-electron chi connectivity index (χ0n) is 19.1. The number of nitrogens with one attached hydrogen (secondary N) is 1. The Morgan fingerprint density at radius 1 is 0.968 bits per heavy atom. The predicted octanol–water partition coefficient (Wildman–Crippen LogP) is 3.09. The fourth-order valence-corrected chi connectivity index (χ4v) is 2.79. The second kappa shape index (κ2) is 10.00. The SMILES string of the molecule is CC(C)(C)ONC(=O)[C@H]1CN(C(=O)OCc2ccccc2)CCN1C(=O)OC(C)(C)C. The Kier molecular flexibility index (Phi) is 7.89. The molecule has 1 aliphatic rings. The standard InChI is InChI=1S/C22H33N3O6/c1-21(2,3)30-20(28)25-13-12-24(14-17(25)18(26)23-31-22(4,5)6)19(27)29-15-16-10-8-7-9-11-16/h7-11,17H,12-15H2,1-6H3,(H,23,26)/t17-/m1/s1. The first-order valence-corrected chi connectivity index (χ1v) is 10.3. The molecule has 0 bridgehead atoms. The number of carbonyl (C=O) groups excluding carboxylic acids is 3. The predicted molar refractivity (Wildman–Crippen MR) is 114 cm³/mol. The summed E-state index contributed by atoms with van der Waals surface area (Å²) in [6.45, 7) is 11.0. The lowest BCUT2D eigenvalue weighted by Crippen LogP contribution is -2.62. The van der Waals surface area contributed by atoms with E-state index < -0.39 is 35.3 Å². The highest BCUT2D eigenvalue weighted by atomic mass is 16.7. The highest BCUT2D eigenvalue weighted by molar-refractivity contribution is 5.86. The van der Waals surface area contributed by atoms with E-state index in [1.165, 1.54) is 9.80 Å². The van der Waals surface area contributed by atoms with E-state index >= 15 is 0 Å². The number of rotatable bonds is 4. The number of hydrogen-bond acceptors (Lipinski definition) is 6. The quantitative estimate of drug-likeness (QED) is 0.730. The van der Waals surface area contributed by atoms with Gasteiger partial charge in [-0.2, -0.15) is 0 Å². The molecule has 0 unspecified atom stereocenters. The number of hydroxylamine groups is 1. The topological polar surface area (TPSA) is 97.4 Å². The number of ether oxygens (including phenoxy) is 2. The number of piperazine rings is 1. The van der Waals surface area contributed by atoms with Gasteiger partial charge in [-0.15, -0.1) is 0 Å². The molecule has 9 heteroatoms. The van der Waals surface area contributed by atoms with Crippen LogP contribution in [0.2, 0.25) is 0 Å². The minimum absolute atomic E-state index is 0.0355. The number of carbonyl (C=O) groups is 3. The third-order valence-corrected chi connectivity index (χ3v) is 4.23. The van der Waals surface area contributed by atoms with Gasteiger partial charge < -0.3 is 14.4 Å². The van der Waals surface area contributed by atoms with E-state index in [1.54, 1.807) is 41.5 Å². The van der Waals surface area contributed by atoms with Crippen LogP contribution in [0.25, 0.3) is 0 Å². The monoisotopic (exact) mass is 435 g/mol. The molecule has 0 spiro atoms. The molecule has 1 aliphatic heterocycles. The average Bonchev–Trinajstić information content (AvgIpc) is 2.68. The van der Waals surface area contributed by atoms with Crippen molar-refractivity contribution in [3.05, 3.63) is 35.9 Å². The summed E-state index contributed by atoms with van der Waals surface area (Å²) >= 11 is 0. The Morgan fingerprint density at radius 2 is 1.61 bits per heavy atom. The first-order chi connectivity index (χ1) is 14.4. The largest absolute Gasteiger partial charge is 0.445 e. The molecular formula is C22H33N3O6. The lowest BCUT2D eigenvalue weighted by atomic mass is 10.1. The number of amides is 3. The summed E-state index contributed by atoms with van der Waals surface area (Å²) in [7, 11) is 0. The van der Waals surface area contributed by atoms with Crippen LogP contribution in [0.3, 0.4) is 0 Å². The van der Waals surface area contributed by atoms with Gasteiger partial charge in [0.1, 0.15) is 18.2 Å². The Labute approximate surface area is 183 Å². The summed E-state index contributed by atoms with van der Waals surface area (Å²) in [5.74, 6) is -0.540. The normalized spacial score (nSPS) is 17.2. The van der Waals surface area contributed by atoms with Gasteiger partial charge in [0.2, 0.25) is 0 Å². The molecule has 1 N–H and O–H groups in total. The smallest absolute Gasteiger partial charge is 0.411 e. The minimum Gasteiger partial charge on any atom is -0.445 e. The molecule has 1 heterocycles. The molecule has 9 nitrogen and oxygen atoms in total. The first kappa shape index (κ1) is 24.5. The Morgan fingerprint density at radius 3 is 2.19 bits per heavy atom. The number of benzene rings is 1. The molecule has 0 saturated carbocycles. The molecule has 0 aliphatic carbocycles. The summed E-state index contributed by atoms with van der Waals surface area (Å²) in [5, 5.41) is 0. The summed E-state index contributed by atoms with van der Waals surface area (Å²) < 4.78 is 10.8. The Hall–Kier alpha value is -2.81. The van der Waals surface area contributed by atoms with Crippen LogP contribution in [0.1, 0.15) is 47.1 Å². The van der Waals surface area contributed by atoms with Crippen LogP contribution in [0.5, 0.6) is 0 Å². The zero-order valence-corrected chi connectivity index (χ0v) is 19.1. The molecule has 172 valence electrons. The molecule has 1 atom stereocenters. The second-order valence-corrected chi connectivity index (χ2v) is 9.36. The van der Waals surface area contributed by atoms with Gasteiger partial charge in [0.25, 0.3) is 5.91 Å². The van der Waals surface area contributed by atoms with Crippen LogP contribution < -0.4 is 5.48 Å². The fraction of sp³-hybridized carbons (Fsp3) is 0.591. The van der Waals surface area contributed by atoms with Crippen molar-refractivity contribution in [2.75, 3.05) is 19.6 Å². The molecule has 1 fully saturated rings. The van der Waals surface area contributed by atoms with Crippen LogP contribution >= 0.6 is 0 Å². The third kappa shape index (κ3) is 8.09. The van der Waals surface area contributed by atoms with Crippen LogP contribution in [-0.4, -0.2) is 64.8 Å². The van der Waals surface area contributed by atoms with E-state index in [2.05, 4.69) is 5.48 Å². The van der Waals surface area contributed by atoms with Crippen LogP contribution in [0.15, 0.2) is 30.3 Å². The van der Waals surface area contributed by atoms with E-state index in [4.69, 9.17) is 14.3 Å². The molecule has 1 saturated heterocycles. The summed E-state index contributed by atoms with van der Waals surface area (Å²) in [6.07, 6.45) is -1.18. The maximum absolute atomic E-state index is 12.8. The zero-order chi connectivity index (χ0) is 23.2. The Balaban J connectivity index is 2.07. The van der Waals surface area contributed by atoms with Crippen molar-refractivity contribution in [2.24, 2.45) is 0 Å². The van der Waals surface area contributed by atoms with Gasteiger partial charge in [0.15, 0.2) is 0 Å².